The van der Waals surface area contributed by atoms with Crippen LogP contribution in [0.3, 0.4) is 0 Å². The molecular formula is C20H26N2O3. The third-order valence-electron chi connectivity index (χ3n) is 4.96. The molecule has 0 aromatic heterocycles. The number of carbonyl (C=O) groups is 1. The van der Waals surface area contributed by atoms with E-state index >= 15 is 0 Å². The number of hydrazone groups is 1. The zero-order valence-electron chi connectivity index (χ0n) is 15.8. The number of benzene rings is 1. The Labute approximate surface area is 149 Å². The second-order valence-electron chi connectivity index (χ2n) is 7.96. The fraction of sp³-hybridized carbons (Fsp3) is 0.500. The van der Waals surface area contributed by atoms with E-state index in [0.29, 0.717) is 5.57 Å². The summed E-state index contributed by atoms with van der Waals surface area (Å²) in [6.45, 7) is 9.84. The zero-order chi connectivity index (χ0) is 18.6. The van der Waals surface area contributed by atoms with Crippen LogP contribution in [0.5, 0.6) is 0 Å². The van der Waals surface area contributed by atoms with Gasteiger partial charge in [-0.1, -0.05) is 12.1 Å². The Morgan fingerprint density at radius 2 is 1.92 bits per heavy atom. The first kappa shape index (κ1) is 17.7. The van der Waals surface area contributed by atoms with Crippen molar-refractivity contribution < 1.29 is 14.6 Å². The molecule has 1 N–H and O–H groups in total. The highest BCUT2D eigenvalue weighted by Crippen LogP contribution is 2.41. The largest absolute Gasteiger partial charge is 0.508 e. The van der Waals surface area contributed by atoms with Crippen molar-refractivity contribution >= 4 is 17.6 Å². The van der Waals surface area contributed by atoms with Gasteiger partial charge in [0.2, 0.25) is 0 Å². The number of ether oxygens (including phenoxy) is 1. The number of hydrogen-bond donors (Lipinski definition) is 1. The Kier molecular flexibility index (Phi) is 4.03. The monoisotopic (exact) mass is 342 g/mol. The zero-order valence-corrected chi connectivity index (χ0v) is 15.8. The van der Waals surface area contributed by atoms with Gasteiger partial charge in [-0.15, -0.1) is 0 Å². The normalized spacial score (nSPS) is 25.0. The number of ketones is 1. The lowest BCUT2D eigenvalue weighted by Crippen LogP contribution is -2.49. The highest BCUT2D eigenvalue weighted by atomic mass is 16.5. The van der Waals surface area contributed by atoms with E-state index in [1.807, 2.05) is 37.3 Å². The summed E-state index contributed by atoms with van der Waals surface area (Å²) in [6.07, 6.45) is 1.92. The van der Waals surface area contributed by atoms with Crippen LogP contribution in [0.2, 0.25) is 0 Å². The predicted octanol–water partition coefficient (Wildman–Crippen LogP) is 3.44. The number of aliphatic hydroxyl groups is 1. The van der Waals surface area contributed by atoms with E-state index in [9.17, 15) is 9.90 Å². The molecule has 0 saturated heterocycles. The number of aliphatic hydroxyl groups excluding tert-OH is 1. The van der Waals surface area contributed by atoms with Crippen molar-refractivity contribution in [2.45, 2.75) is 51.7 Å². The smallest absolute Gasteiger partial charge is 0.198 e. The lowest BCUT2D eigenvalue weighted by atomic mass is 9.81. The average molecular weight is 342 g/mol. The van der Waals surface area contributed by atoms with Crippen molar-refractivity contribution in [3.05, 3.63) is 40.6 Å². The fourth-order valence-corrected chi connectivity index (χ4v) is 3.60. The van der Waals surface area contributed by atoms with Gasteiger partial charge in [-0.05, 0) is 57.4 Å². The van der Waals surface area contributed by atoms with Crippen LogP contribution in [0.25, 0.3) is 5.57 Å². The van der Waals surface area contributed by atoms with Crippen molar-refractivity contribution in [1.29, 1.82) is 0 Å². The van der Waals surface area contributed by atoms with E-state index in [2.05, 4.69) is 11.2 Å². The Morgan fingerprint density at radius 1 is 1.24 bits per heavy atom. The Hall–Kier alpha value is -2.14. The number of aryl methyl sites for hydroxylation is 1. The van der Waals surface area contributed by atoms with Crippen molar-refractivity contribution in [2.24, 2.45) is 5.10 Å². The predicted molar refractivity (Wildman–Crippen MR) is 98.8 cm³/mol. The second-order valence-corrected chi connectivity index (χ2v) is 7.96. The number of rotatable bonds is 2. The molecule has 5 nitrogen and oxygen atoms in total. The summed E-state index contributed by atoms with van der Waals surface area (Å²) in [5.74, 6) is -0.0147. The van der Waals surface area contributed by atoms with Gasteiger partial charge in [0.1, 0.15) is 17.0 Å². The maximum absolute atomic E-state index is 13.0. The lowest BCUT2D eigenvalue weighted by Gasteiger charge is -2.40. The summed E-state index contributed by atoms with van der Waals surface area (Å²) in [7, 11) is 1.94. The van der Waals surface area contributed by atoms with Gasteiger partial charge < -0.3 is 9.84 Å². The molecule has 5 heteroatoms. The van der Waals surface area contributed by atoms with Crippen LogP contribution in [-0.4, -0.2) is 46.9 Å². The lowest BCUT2D eigenvalue weighted by molar-refractivity contribution is -0.158. The number of nitrogens with zero attached hydrogens (tertiary/aromatic N) is 2. The molecule has 0 saturated carbocycles. The number of hydrogen-bond acceptors (Lipinski definition) is 5. The number of Topliss-reactive ketones (excluding diaryl/α,β-unsaturated/α-hetero) is 1. The minimum atomic E-state index is -0.984. The Balaban J connectivity index is 2.14. The third kappa shape index (κ3) is 2.97. The Bertz CT molecular complexity index is 790. The quantitative estimate of drug-likeness (QED) is 0.894. The van der Waals surface area contributed by atoms with Crippen LogP contribution in [0.1, 0.15) is 50.3 Å². The maximum Gasteiger partial charge on any atom is 0.198 e. The number of carbonyl (C=O) groups excluding carboxylic acids is 1. The van der Waals surface area contributed by atoms with Crippen molar-refractivity contribution in [2.75, 3.05) is 13.6 Å². The standard InChI is InChI=1S/C20H26N2O3/c1-12-7-8-13(14-10-21-22(6)11-14)9-15(12)16-17(23)19(2,3)25-20(4,5)18(16)24/h7-10,14,23H,11H2,1-6H3. The second kappa shape index (κ2) is 5.70. The van der Waals surface area contributed by atoms with Gasteiger partial charge in [-0.2, -0.15) is 5.10 Å². The van der Waals surface area contributed by atoms with Gasteiger partial charge in [0, 0.05) is 25.7 Å². The molecule has 1 aromatic rings. The minimum Gasteiger partial charge on any atom is -0.508 e. The van der Waals surface area contributed by atoms with Crippen LogP contribution >= 0.6 is 0 Å². The molecule has 0 aliphatic carbocycles. The molecule has 2 heterocycles. The fourth-order valence-electron chi connectivity index (χ4n) is 3.60. The van der Waals surface area contributed by atoms with Gasteiger partial charge in [-0.3, -0.25) is 9.80 Å². The van der Waals surface area contributed by atoms with E-state index in [-0.39, 0.29) is 17.5 Å². The first-order valence-corrected chi connectivity index (χ1v) is 8.58. The van der Waals surface area contributed by atoms with Gasteiger partial charge >= 0.3 is 0 Å². The van der Waals surface area contributed by atoms with E-state index in [1.54, 1.807) is 27.7 Å². The van der Waals surface area contributed by atoms with E-state index in [1.165, 1.54) is 0 Å². The number of likely N-dealkylation sites (N-methyl/N-ethyl adjacent to an activating group) is 1. The maximum atomic E-state index is 13.0. The van der Waals surface area contributed by atoms with Crippen LogP contribution in [0.4, 0.5) is 0 Å². The molecule has 0 bridgehead atoms. The molecule has 134 valence electrons. The van der Waals surface area contributed by atoms with Crippen LogP contribution in [0, 0.1) is 6.92 Å². The summed E-state index contributed by atoms with van der Waals surface area (Å²) in [4.78, 5) is 13.0. The van der Waals surface area contributed by atoms with E-state index < -0.39 is 11.2 Å². The molecule has 0 amide bonds. The highest BCUT2D eigenvalue weighted by molar-refractivity contribution is 6.26. The third-order valence-corrected chi connectivity index (χ3v) is 4.96. The molecule has 2 aliphatic rings. The summed E-state index contributed by atoms with van der Waals surface area (Å²) >= 11 is 0. The molecular weight excluding hydrogens is 316 g/mol. The highest BCUT2D eigenvalue weighted by Gasteiger charge is 2.47. The first-order valence-electron chi connectivity index (χ1n) is 8.58. The van der Waals surface area contributed by atoms with Crippen molar-refractivity contribution in [3.63, 3.8) is 0 Å². The molecule has 2 aliphatic heterocycles. The van der Waals surface area contributed by atoms with Crippen LogP contribution in [-0.2, 0) is 9.53 Å². The van der Waals surface area contributed by atoms with Gasteiger partial charge in [-0.25, -0.2) is 0 Å². The topological polar surface area (TPSA) is 62.1 Å². The van der Waals surface area contributed by atoms with E-state index in [0.717, 1.165) is 23.2 Å². The Morgan fingerprint density at radius 3 is 2.52 bits per heavy atom. The first-order chi connectivity index (χ1) is 11.5. The molecule has 25 heavy (non-hydrogen) atoms. The summed E-state index contributed by atoms with van der Waals surface area (Å²) < 4.78 is 5.84. The molecule has 0 fully saturated rings. The van der Waals surface area contributed by atoms with Gasteiger partial charge in [0.25, 0.3) is 0 Å². The van der Waals surface area contributed by atoms with Crippen LogP contribution < -0.4 is 0 Å². The molecule has 0 radical (unpaired) electrons. The molecule has 0 spiro atoms. The van der Waals surface area contributed by atoms with E-state index in [4.69, 9.17) is 4.74 Å². The SMILES string of the molecule is Cc1ccc(C2C=NN(C)C2)cc1C1=C(O)C(C)(C)OC(C)(C)C1=O. The minimum absolute atomic E-state index is 0.00529. The van der Waals surface area contributed by atoms with Gasteiger partial charge in [0.15, 0.2) is 5.78 Å². The van der Waals surface area contributed by atoms with Crippen LogP contribution in [0.15, 0.2) is 29.1 Å². The van der Waals surface area contributed by atoms with Gasteiger partial charge in [0.05, 0.1) is 5.57 Å². The van der Waals surface area contributed by atoms with Crippen molar-refractivity contribution in [1.82, 2.24) is 5.01 Å². The summed E-state index contributed by atoms with van der Waals surface area (Å²) in [5.41, 5.74) is 1.28. The molecule has 1 atom stereocenters. The summed E-state index contributed by atoms with van der Waals surface area (Å²) in [5, 5.41) is 17.0. The molecule has 1 aromatic carbocycles. The average Bonchev–Trinajstić information content (AvgIpc) is 2.93. The van der Waals surface area contributed by atoms with Crippen molar-refractivity contribution in [3.8, 4) is 0 Å². The summed E-state index contributed by atoms with van der Waals surface area (Å²) in [6, 6.07) is 6.07. The molecule has 3 rings (SSSR count). The molecule has 1 unspecified atom stereocenters.